The van der Waals surface area contributed by atoms with Crippen LogP contribution in [0.5, 0.6) is 0 Å². The molecule has 2 nitrogen and oxygen atoms in total. The topological polar surface area (TPSA) is 36.7 Å². The van der Waals surface area contributed by atoms with E-state index in [4.69, 9.17) is 5.26 Å². The lowest BCUT2D eigenvalue weighted by Crippen LogP contribution is -1.89. The number of aromatic nitrogens is 1. The first kappa shape index (κ1) is 13.3. The molecule has 0 amide bonds. The van der Waals surface area contributed by atoms with Gasteiger partial charge in [0.15, 0.2) is 0 Å². The molecule has 1 heterocycles. The van der Waals surface area contributed by atoms with Gasteiger partial charge in [0.25, 0.3) is 0 Å². The fourth-order valence-corrected chi connectivity index (χ4v) is 2.14. The van der Waals surface area contributed by atoms with Crippen molar-refractivity contribution in [3.05, 3.63) is 40.5 Å². The SMILES string of the molecule is N#CCCCC#Cc1cccc(-c2cscn2)c1F. The predicted octanol–water partition coefficient (Wildman–Crippen LogP) is 3.99. The van der Waals surface area contributed by atoms with E-state index in [2.05, 4.69) is 22.9 Å². The van der Waals surface area contributed by atoms with Crippen LogP contribution >= 0.6 is 11.3 Å². The van der Waals surface area contributed by atoms with Crippen LogP contribution in [0.3, 0.4) is 0 Å². The molecule has 0 aliphatic carbocycles. The van der Waals surface area contributed by atoms with E-state index < -0.39 is 0 Å². The van der Waals surface area contributed by atoms with Crippen LogP contribution < -0.4 is 0 Å². The number of unbranched alkanes of at least 4 members (excludes halogenated alkanes) is 2. The highest BCUT2D eigenvalue weighted by atomic mass is 32.1. The van der Waals surface area contributed by atoms with Gasteiger partial charge >= 0.3 is 0 Å². The Bertz CT molecular complexity index is 645. The highest BCUT2D eigenvalue weighted by Crippen LogP contribution is 2.24. The van der Waals surface area contributed by atoms with Crippen molar-refractivity contribution in [2.75, 3.05) is 0 Å². The molecule has 0 bridgehead atoms. The summed E-state index contributed by atoms with van der Waals surface area (Å²) in [6.45, 7) is 0. The quantitative estimate of drug-likeness (QED) is 0.624. The molecule has 0 saturated carbocycles. The standard InChI is InChI=1S/C15H11FN2S/c16-15-12(6-3-1-2-4-9-17)7-5-8-13(15)14-10-19-11-18-14/h5,7-8,10-11H,1-2,4H2. The minimum atomic E-state index is -0.332. The summed E-state index contributed by atoms with van der Waals surface area (Å²) >= 11 is 1.43. The molecule has 2 rings (SSSR count). The van der Waals surface area contributed by atoms with E-state index in [9.17, 15) is 4.39 Å². The number of nitriles is 1. The number of benzene rings is 1. The molecule has 0 saturated heterocycles. The van der Waals surface area contributed by atoms with Crippen molar-refractivity contribution in [2.24, 2.45) is 0 Å². The maximum absolute atomic E-state index is 14.2. The Morgan fingerprint density at radius 2 is 2.21 bits per heavy atom. The fraction of sp³-hybridized carbons (Fsp3) is 0.200. The molecule has 0 unspecified atom stereocenters. The second kappa shape index (κ2) is 6.68. The zero-order valence-electron chi connectivity index (χ0n) is 10.2. The molecular formula is C15H11FN2S. The van der Waals surface area contributed by atoms with Gasteiger partial charge in [-0.2, -0.15) is 5.26 Å². The monoisotopic (exact) mass is 270 g/mol. The van der Waals surface area contributed by atoms with Gasteiger partial charge in [-0.3, -0.25) is 0 Å². The highest BCUT2D eigenvalue weighted by Gasteiger charge is 2.09. The second-order valence-corrected chi connectivity index (χ2v) is 4.57. The summed E-state index contributed by atoms with van der Waals surface area (Å²) in [5.41, 5.74) is 3.16. The molecule has 0 spiro atoms. The van der Waals surface area contributed by atoms with Gasteiger partial charge in [0, 0.05) is 23.8 Å². The Balaban J connectivity index is 2.19. The number of hydrogen-bond acceptors (Lipinski definition) is 3. The van der Waals surface area contributed by atoms with Gasteiger partial charge in [-0.05, 0) is 18.6 Å². The summed E-state index contributed by atoms with van der Waals surface area (Å²) < 4.78 is 14.2. The van der Waals surface area contributed by atoms with E-state index in [0.29, 0.717) is 29.7 Å². The van der Waals surface area contributed by atoms with Crippen LogP contribution in [-0.4, -0.2) is 4.98 Å². The van der Waals surface area contributed by atoms with Crippen LogP contribution in [0.2, 0.25) is 0 Å². The zero-order chi connectivity index (χ0) is 13.5. The minimum Gasteiger partial charge on any atom is -0.245 e. The number of hydrogen-bond donors (Lipinski definition) is 0. The number of thiazole rings is 1. The second-order valence-electron chi connectivity index (χ2n) is 3.85. The molecule has 2 aromatic rings. The Morgan fingerprint density at radius 1 is 1.32 bits per heavy atom. The molecule has 0 N–H and O–H groups in total. The van der Waals surface area contributed by atoms with Crippen LogP contribution in [0.4, 0.5) is 4.39 Å². The summed E-state index contributed by atoms with van der Waals surface area (Å²) in [5, 5.41) is 10.2. The Kier molecular flexibility index (Phi) is 4.66. The zero-order valence-corrected chi connectivity index (χ0v) is 11.0. The average molecular weight is 270 g/mol. The van der Waals surface area contributed by atoms with E-state index >= 15 is 0 Å². The molecule has 0 fully saturated rings. The van der Waals surface area contributed by atoms with E-state index in [-0.39, 0.29) is 5.82 Å². The molecule has 0 aliphatic heterocycles. The van der Waals surface area contributed by atoms with E-state index in [1.54, 1.807) is 23.7 Å². The molecule has 0 atom stereocenters. The lowest BCUT2D eigenvalue weighted by Gasteiger charge is -2.01. The Morgan fingerprint density at radius 3 is 2.95 bits per heavy atom. The van der Waals surface area contributed by atoms with Crippen LogP contribution in [0, 0.1) is 29.0 Å². The molecule has 4 heteroatoms. The van der Waals surface area contributed by atoms with Crippen molar-refractivity contribution in [1.82, 2.24) is 4.98 Å². The summed E-state index contributed by atoms with van der Waals surface area (Å²) in [6.07, 6.45) is 1.81. The molecule has 94 valence electrons. The van der Waals surface area contributed by atoms with Crippen molar-refractivity contribution in [3.63, 3.8) is 0 Å². The van der Waals surface area contributed by atoms with Crippen molar-refractivity contribution in [1.29, 1.82) is 5.26 Å². The third kappa shape index (κ3) is 3.40. The first-order valence-corrected chi connectivity index (χ1v) is 6.80. The Labute approximate surface area is 115 Å². The molecule has 1 aromatic carbocycles. The van der Waals surface area contributed by atoms with Gasteiger partial charge in [-0.1, -0.05) is 17.9 Å². The first-order chi connectivity index (χ1) is 9.33. The lowest BCUT2D eigenvalue weighted by molar-refractivity contribution is 0.627. The largest absolute Gasteiger partial charge is 0.245 e. The van der Waals surface area contributed by atoms with Gasteiger partial charge in [0.2, 0.25) is 0 Å². The molecule has 0 aliphatic rings. The van der Waals surface area contributed by atoms with Gasteiger partial charge < -0.3 is 0 Å². The molecule has 0 radical (unpaired) electrons. The third-order valence-corrected chi connectivity index (χ3v) is 3.11. The fourth-order valence-electron chi connectivity index (χ4n) is 1.59. The third-order valence-electron chi connectivity index (χ3n) is 2.52. The van der Waals surface area contributed by atoms with Gasteiger partial charge in [-0.15, -0.1) is 11.3 Å². The van der Waals surface area contributed by atoms with Crippen molar-refractivity contribution in [2.45, 2.75) is 19.3 Å². The van der Waals surface area contributed by atoms with Crippen molar-refractivity contribution in [3.8, 4) is 29.2 Å². The number of nitrogens with zero attached hydrogens (tertiary/aromatic N) is 2. The maximum Gasteiger partial charge on any atom is 0.148 e. The molecular weight excluding hydrogens is 259 g/mol. The Hall–Kier alpha value is -2.17. The van der Waals surface area contributed by atoms with Gasteiger partial charge in [0.05, 0.1) is 22.8 Å². The summed E-state index contributed by atoms with van der Waals surface area (Å²) in [7, 11) is 0. The highest BCUT2D eigenvalue weighted by molar-refractivity contribution is 7.07. The van der Waals surface area contributed by atoms with Crippen LogP contribution in [0.1, 0.15) is 24.8 Å². The molecule has 19 heavy (non-hydrogen) atoms. The normalized spacial score (nSPS) is 9.47. The minimum absolute atomic E-state index is 0.332. The summed E-state index contributed by atoms with van der Waals surface area (Å²) in [5.74, 6) is 5.37. The smallest absolute Gasteiger partial charge is 0.148 e. The van der Waals surface area contributed by atoms with Crippen molar-refractivity contribution < 1.29 is 4.39 Å². The summed E-state index contributed by atoms with van der Waals surface area (Å²) in [4.78, 5) is 4.10. The van der Waals surface area contributed by atoms with E-state index in [0.717, 1.165) is 6.42 Å². The van der Waals surface area contributed by atoms with E-state index in [1.807, 2.05) is 5.38 Å². The number of halogens is 1. The van der Waals surface area contributed by atoms with Crippen LogP contribution in [0.15, 0.2) is 29.1 Å². The van der Waals surface area contributed by atoms with Crippen LogP contribution in [-0.2, 0) is 0 Å². The molecule has 1 aromatic heterocycles. The predicted molar refractivity (Wildman–Crippen MR) is 73.9 cm³/mol. The van der Waals surface area contributed by atoms with Gasteiger partial charge in [0.1, 0.15) is 5.82 Å². The maximum atomic E-state index is 14.2. The number of rotatable bonds is 3. The van der Waals surface area contributed by atoms with Crippen molar-refractivity contribution >= 4 is 11.3 Å². The first-order valence-electron chi connectivity index (χ1n) is 5.86. The lowest BCUT2D eigenvalue weighted by atomic mass is 10.1. The average Bonchev–Trinajstić information content (AvgIpc) is 2.94. The van der Waals surface area contributed by atoms with Crippen LogP contribution in [0.25, 0.3) is 11.3 Å². The van der Waals surface area contributed by atoms with Gasteiger partial charge in [-0.25, -0.2) is 9.37 Å². The van der Waals surface area contributed by atoms with E-state index in [1.165, 1.54) is 11.3 Å². The summed E-state index contributed by atoms with van der Waals surface area (Å²) in [6, 6.07) is 7.19.